The summed E-state index contributed by atoms with van der Waals surface area (Å²) in [6.45, 7) is 45.0. The number of aldehydes is 1. The largest absolute Gasteiger partial charge is 0.336 e. The first-order chi connectivity index (χ1) is 61.8. The standard InChI is InChI=1S/C25H41N7O5.C22H37N5O5.C22H37N5O4S.C21H36N4O5/c1-20(33)14-28-7-8-29(15-21(2)34)11-12-31(17-23(4)36)24(18-30(10-9-28)16-22(3)35)13-27-25(37)32-6-5-26-19-32;1-18(29)12-24-5-6-25(13-19(2)30)9-10-27(15-21(4)32)22(11-23-17-28)16-26(8-7-24)14-20(3)31;1-18(28)12-24-5-6-25(13-19(2)29)9-10-27(15-21(4)31)22(11-23-17-32)16-26(8-7-24)14-20(3)30;1-17(27)11-22-5-6-23(12-18(2)28)9-10-25(14-20(4)30)21(16-26)15-24(8-7-22)13-19(3)29/h5-6,19,24H,7-18H2,1-4H3,(H,27,37);2*22H,5-16H2,1-4H3;16,21H,5-15H2,1-4H3. The Labute approximate surface area is 780 Å². The van der Waals surface area contributed by atoms with Crippen LogP contribution in [0.3, 0.4) is 0 Å². The third-order valence-electron chi connectivity index (χ3n) is 21.7. The number of Topliss-reactive ketones (excluding diaryl/α,β-unsaturated/α-hetero) is 16. The summed E-state index contributed by atoms with van der Waals surface area (Å²) in [6.07, 6.45) is 6.87. The van der Waals surface area contributed by atoms with Crippen LogP contribution in [-0.2, 0) is 86.3 Å². The topological polar surface area (TPSA) is 431 Å². The fourth-order valence-corrected chi connectivity index (χ4v) is 16.2. The lowest BCUT2D eigenvalue weighted by Gasteiger charge is -2.38. The summed E-state index contributed by atoms with van der Waals surface area (Å²) in [6, 6.07) is -1.54. The molecule has 0 spiro atoms. The van der Waals surface area contributed by atoms with Crippen molar-refractivity contribution in [2.75, 3.05) is 308 Å². The minimum atomic E-state index is -0.534. The van der Waals surface area contributed by atoms with E-state index in [1.54, 1.807) is 67.7 Å². The highest BCUT2D eigenvalue weighted by Crippen LogP contribution is 2.15. The SMILES string of the molecule is CC(=O)CN1CCN(CC(C)=O)CCN(CC(C)=O)C(C=O)CN(CC(C)=O)CC1.CC(=O)CN1CCN(CC(C)=O)CCN(CC(C)=O)C(CN=C=O)CN(CC(C)=O)CC1.CC(=O)CN1CCN(CC(C)=O)CCN(CC(C)=O)C(CN=C=S)CN(CC(C)=O)CC1.CC(=O)CN1CCN(CC(C)=O)CCN(CC(C)=O)C(CNC(=O)n2ccnc2)CN(CC(C)=O)CC1. The zero-order chi connectivity index (χ0) is 98.2. The highest BCUT2D eigenvalue weighted by molar-refractivity contribution is 7.78. The molecule has 0 bridgehead atoms. The normalized spacial score (nSPS) is 20.5. The molecule has 736 valence electrons. The molecule has 0 aromatic carbocycles. The summed E-state index contributed by atoms with van der Waals surface area (Å²) < 4.78 is 1.34. The lowest BCUT2D eigenvalue weighted by atomic mass is 10.1. The predicted molar refractivity (Wildman–Crippen MR) is 500 cm³/mol. The number of ketones is 16. The van der Waals surface area contributed by atoms with Crippen LogP contribution < -0.4 is 5.32 Å². The van der Waals surface area contributed by atoms with Crippen molar-refractivity contribution in [1.82, 2.24) is 93.3 Å². The van der Waals surface area contributed by atoms with Gasteiger partial charge in [0.25, 0.3) is 0 Å². The van der Waals surface area contributed by atoms with Crippen LogP contribution in [0.2, 0.25) is 0 Å². The summed E-state index contributed by atoms with van der Waals surface area (Å²) in [5.74, 6) is 0.479. The molecule has 131 heavy (non-hydrogen) atoms. The monoisotopic (exact) mass is 1860 g/mol. The Bertz CT molecular complexity index is 3820. The van der Waals surface area contributed by atoms with Crippen LogP contribution in [0.15, 0.2) is 28.7 Å². The van der Waals surface area contributed by atoms with Gasteiger partial charge in [0, 0.05) is 220 Å². The molecule has 4 aliphatic rings. The maximum Gasteiger partial charge on any atom is 0.326 e. The Hall–Kier alpha value is -8.39. The fourth-order valence-electron chi connectivity index (χ4n) is 16.1. The molecule has 0 saturated carbocycles. The lowest BCUT2D eigenvalue weighted by molar-refractivity contribution is -0.123. The molecule has 1 amide bonds. The highest BCUT2D eigenvalue weighted by atomic mass is 32.1. The van der Waals surface area contributed by atoms with Crippen LogP contribution in [0, 0.1) is 0 Å². The third-order valence-corrected chi connectivity index (χ3v) is 21.8. The molecule has 4 fully saturated rings. The molecule has 4 unspecified atom stereocenters. The van der Waals surface area contributed by atoms with Crippen molar-refractivity contribution in [1.29, 1.82) is 0 Å². The predicted octanol–water partition coefficient (Wildman–Crippen LogP) is -2.18. The quantitative estimate of drug-likeness (QED) is 0.0317. The molecule has 1 aromatic heterocycles. The molecule has 1 N–H and O–H groups in total. The second kappa shape index (κ2) is 66.9. The number of imidazole rings is 1. The molecule has 4 aliphatic heterocycles. The Morgan fingerprint density at radius 1 is 0.305 bits per heavy atom. The van der Waals surface area contributed by atoms with Gasteiger partial charge in [-0.05, 0) is 123 Å². The molecule has 0 radical (unpaired) electrons. The van der Waals surface area contributed by atoms with Crippen molar-refractivity contribution in [3.05, 3.63) is 18.7 Å². The number of isothiocyanates is 1. The van der Waals surface area contributed by atoms with Gasteiger partial charge in [0.15, 0.2) is 0 Å². The average Bonchev–Trinajstić information content (AvgIpc) is 1.84. The first kappa shape index (κ1) is 119. The van der Waals surface area contributed by atoms with E-state index >= 15 is 0 Å². The van der Waals surface area contributed by atoms with E-state index in [2.05, 4.69) is 45.0 Å². The number of rotatable bonds is 39. The molecule has 0 aliphatic carbocycles. The van der Waals surface area contributed by atoms with Crippen molar-refractivity contribution in [2.24, 2.45) is 9.98 Å². The zero-order valence-corrected chi connectivity index (χ0v) is 81.8. The Balaban J connectivity index is 0.000000593. The summed E-state index contributed by atoms with van der Waals surface area (Å²) in [5.41, 5.74) is 0. The number of carbonyl (C=O) groups excluding carboxylic acids is 19. The molecular weight excluding hydrogens is 1710 g/mol. The Morgan fingerprint density at radius 2 is 0.519 bits per heavy atom. The maximum atomic E-state index is 12.6. The van der Waals surface area contributed by atoms with Crippen molar-refractivity contribution in [3.63, 3.8) is 0 Å². The number of hydrogen-bond donors (Lipinski definition) is 1. The molecular formula is C90H151N21O19S. The lowest BCUT2D eigenvalue weighted by Crippen LogP contribution is -2.55. The van der Waals surface area contributed by atoms with E-state index in [9.17, 15) is 91.1 Å². The van der Waals surface area contributed by atoms with Gasteiger partial charge in [0.2, 0.25) is 6.08 Å². The van der Waals surface area contributed by atoms with Crippen molar-refractivity contribution >= 4 is 128 Å². The first-order valence-electron chi connectivity index (χ1n) is 45.2. The number of amides is 1. The molecule has 1 aromatic rings. The smallest absolute Gasteiger partial charge is 0.326 e. The average molecular weight is 1860 g/mol. The highest BCUT2D eigenvalue weighted by Gasteiger charge is 2.33. The van der Waals surface area contributed by atoms with Crippen molar-refractivity contribution in [2.45, 2.75) is 135 Å². The first-order valence-corrected chi connectivity index (χ1v) is 45.6. The molecule has 40 nitrogen and oxygen atoms in total. The van der Waals surface area contributed by atoms with Crippen LogP contribution in [-0.4, -0.2) is 536 Å². The zero-order valence-electron chi connectivity index (χ0n) is 81.0. The minimum Gasteiger partial charge on any atom is -0.336 e. The fraction of sp³-hybridized carbons (Fsp3) is 0.744. The summed E-state index contributed by atoms with van der Waals surface area (Å²) >= 11 is 4.76. The molecule has 4 saturated heterocycles. The number of isocyanates is 1. The van der Waals surface area contributed by atoms with Crippen molar-refractivity contribution in [3.8, 4) is 0 Å². The van der Waals surface area contributed by atoms with Gasteiger partial charge < -0.3 is 10.1 Å². The van der Waals surface area contributed by atoms with Gasteiger partial charge in [-0.2, -0.15) is 0 Å². The minimum absolute atomic E-state index is 0.00406. The van der Waals surface area contributed by atoms with E-state index in [-0.39, 0.29) is 202 Å². The van der Waals surface area contributed by atoms with E-state index in [4.69, 9.17) is 12.2 Å². The van der Waals surface area contributed by atoms with Crippen LogP contribution in [0.25, 0.3) is 0 Å². The van der Waals surface area contributed by atoms with Gasteiger partial charge in [0.05, 0.1) is 129 Å². The van der Waals surface area contributed by atoms with Crippen LogP contribution in [0.1, 0.15) is 111 Å². The number of hydrogen-bond acceptors (Lipinski definition) is 39. The molecule has 41 heteroatoms. The number of nitrogens with zero attached hydrogens (tertiary/aromatic N) is 20. The van der Waals surface area contributed by atoms with E-state index in [1.165, 1.54) is 72.5 Å². The van der Waals surface area contributed by atoms with Crippen molar-refractivity contribution < 1.29 is 91.1 Å². The second-order valence-electron chi connectivity index (χ2n) is 35.4. The van der Waals surface area contributed by atoms with Gasteiger partial charge in [-0.25, -0.2) is 24.6 Å². The molecule has 5 heterocycles. The van der Waals surface area contributed by atoms with Gasteiger partial charge in [-0.3, -0.25) is 160 Å². The number of aromatic nitrogens is 2. The Morgan fingerprint density at radius 3 is 0.756 bits per heavy atom. The number of carbonyl (C=O) groups is 18. The van der Waals surface area contributed by atoms with E-state index in [0.29, 0.717) is 223 Å². The number of thiocarbonyl (C=S) groups is 1. The maximum absolute atomic E-state index is 12.6. The van der Waals surface area contributed by atoms with Crippen LogP contribution in [0.5, 0.6) is 0 Å². The van der Waals surface area contributed by atoms with Gasteiger partial charge in [0.1, 0.15) is 105 Å². The Kier molecular flexibility index (Phi) is 60.6. The second-order valence-corrected chi connectivity index (χ2v) is 35.6. The van der Waals surface area contributed by atoms with Gasteiger partial charge >= 0.3 is 6.03 Å². The number of nitrogens with one attached hydrogen (secondary N) is 1. The van der Waals surface area contributed by atoms with E-state index in [1.807, 2.05) is 58.8 Å². The van der Waals surface area contributed by atoms with E-state index < -0.39 is 6.04 Å². The van der Waals surface area contributed by atoms with Crippen LogP contribution in [0.4, 0.5) is 4.79 Å². The summed E-state index contributed by atoms with van der Waals surface area (Å²) in [5, 5.41) is 5.32. The molecule has 5 rings (SSSR count). The van der Waals surface area contributed by atoms with Gasteiger partial charge in [-0.15, -0.1) is 0 Å². The van der Waals surface area contributed by atoms with Gasteiger partial charge in [-0.1, -0.05) is 0 Å². The summed E-state index contributed by atoms with van der Waals surface area (Å²) in [4.78, 5) is 269. The molecule has 4 atom stereocenters. The van der Waals surface area contributed by atoms with E-state index in [0.717, 1.165) is 6.29 Å². The summed E-state index contributed by atoms with van der Waals surface area (Å²) in [7, 11) is 0. The van der Waals surface area contributed by atoms with Crippen LogP contribution >= 0.6 is 12.2 Å². The number of aliphatic imine (C=N–C) groups is 2. The third kappa shape index (κ3) is 57.7.